The number of carbonyl (C=O) groups excluding carboxylic acids is 1. The molecule has 12 heteroatoms. The Morgan fingerprint density at radius 3 is 2.12 bits per heavy atom. The van der Waals surface area contributed by atoms with Crippen molar-refractivity contribution in [1.29, 1.82) is 0 Å². The van der Waals surface area contributed by atoms with Crippen molar-refractivity contribution in [3.63, 3.8) is 0 Å². The quantitative estimate of drug-likeness (QED) is 0.352. The van der Waals surface area contributed by atoms with Crippen LogP contribution in [0.5, 0.6) is 5.75 Å². The summed E-state index contributed by atoms with van der Waals surface area (Å²) in [6, 6.07) is 6.96. The maximum absolute atomic E-state index is 13.0. The number of thiophene rings is 1. The van der Waals surface area contributed by atoms with Crippen molar-refractivity contribution in [2.45, 2.75) is 19.0 Å². The van der Waals surface area contributed by atoms with E-state index in [4.69, 9.17) is 27.9 Å². The van der Waals surface area contributed by atoms with Gasteiger partial charge in [0.2, 0.25) is 0 Å². The van der Waals surface area contributed by atoms with Gasteiger partial charge < -0.3 is 10.1 Å². The third-order valence-electron chi connectivity index (χ3n) is 4.08. The van der Waals surface area contributed by atoms with Gasteiger partial charge in [-0.05, 0) is 41.8 Å². The second kappa shape index (κ2) is 9.21. The monoisotopic (exact) mass is 513 g/mol. The lowest BCUT2D eigenvalue weighted by molar-refractivity contribution is -0.143. The number of carbonyl (C=O) groups is 1. The Morgan fingerprint density at radius 1 is 0.938 bits per heavy atom. The van der Waals surface area contributed by atoms with Crippen LogP contribution < -0.4 is 10.1 Å². The maximum atomic E-state index is 13.0. The van der Waals surface area contributed by atoms with E-state index in [1.165, 1.54) is 17.5 Å². The Morgan fingerprint density at radius 2 is 1.56 bits per heavy atom. The lowest BCUT2D eigenvalue weighted by atomic mass is 10.1. The van der Waals surface area contributed by atoms with Crippen molar-refractivity contribution in [2.75, 3.05) is 5.32 Å². The number of anilines is 1. The second-order valence-electron chi connectivity index (χ2n) is 6.39. The van der Waals surface area contributed by atoms with Crippen molar-refractivity contribution in [3.05, 3.63) is 79.5 Å². The summed E-state index contributed by atoms with van der Waals surface area (Å²) in [5.74, 6) is -0.841. The maximum Gasteiger partial charge on any atom is 0.416 e. The highest BCUT2D eigenvalue weighted by Crippen LogP contribution is 2.38. The SMILES string of the molecule is O=C(Nc1cc(C(F)(F)F)cc(C(F)(F)F)c1)c1sccc1OCc1ccc(Cl)cc1Cl. The molecule has 1 aromatic heterocycles. The average molecular weight is 514 g/mol. The van der Waals surface area contributed by atoms with Gasteiger partial charge >= 0.3 is 12.4 Å². The average Bonchev–Trinajstić information content (AvgIpc) is 3.14. The highest BCUT2D eigenvalue weighted by molar-refractivity contribution is 7.12. The van der Waals surface area contributed by atoms with Crippen LogP contribution in [0.3, 0.4) is 0 Å². The van der Waals surface area contributed by atoms with E-state index in [0.717, 1.165) is 11.3 Å². The third-order valence-corrected chi connectivity index (χ3v) is 5.56. The van der Waals surface area contributed by atoms with Crippen LogP contribution in [0.4, 0.5) is 32.0 Å². The number of hydrogen-bond acceptors (Lipinski definition) is 3. The molecule has 170 valence electrons. The van der Waals surface area contributed by atoms with E-state index in [0.29, 0.717) is 27.7 Å². The molecule has 0 saturated heterocycles. The van der Waals surface area contributed by atoms with Crippen LogP contribution in [-0.2, 0) is 19.0 Å². The number of alkyl halides is 6. The van der Waals surface area contributed by atoms with Gasteiger partial charge in [0.25, 0.3) is 5.91 Å². The lowest BCUT2D eigenvalue weighted by Crippen LogP contribution is -2.15. The van der Waals surface area contributed by atoms with E-state index < -0.39 is 35.1 Å². The predicted molar refractivity (Wildman–Crippen MR) is 110 cm³/mol. The molecule has 0 aliphatic carbocycles. The Labute approximate surface area is 191 Å². The smallest absolute Gasteiger partial charge is 0.416 e. The first-order chi connectivity index (χ1) is 14.8. The standard InChI is InChI=1S/C20H11Cl2F6NO2S/c21-13-2-1-10(15(22)8-13)9-31-16-3-4-32-17(16)18(30)29-14-6-11(19(23,24)25)5-12(7-14)20(26,27)28/h1-8H,9H2,(H,29,30). The fraction of sp³-hybridized carbons (Fsp3) is 0.150. The third kappa shape index (κ3) is 5.87. The number of benzene rings is 2. The largest absolute Gasteiger partial charge is 0.487 e. The fourth-order valence-electron chi connectivity index (χ4n) is 2.59. The Bertz CT molecular complexity index is 1110. The number of amides is 1. The Balaban J connectivity index is 1.82. The number of halogens is 8. The van der Waals surface area contributed by atoms with Gasteiger partial charge in [-0.3, -0.25) is 4.79 Å². The van der Waals surface area contributed by atoms with E-state index in [1.54, 1.807) is 12.1 Å². The Kier molecular flexibility index (Phi) is 6.97. The summed E-state index contributed by atoms with van der Waals surface area (Å²) in [7, 11) is 0. The van der Waals surface area contributed by atoms with Gasteiger partial charge in [0.15, 0.2) is 0 Å². The van der Waals surface area contributed by atoms with Crippen LogP contribution in [0.2, 0.25) is 10.0 Å². The fourth-order valence-corrected chi connectivity index (χ4v) is 3.78. The van der Waals surface area contributed by atoms with Gasteiger partial charge in [0, 0.05) is 21.3 Å². The zero-order valence-electron chi connectivity index (χ0n) is 15.6. The first kappa shape index (κ1) is 24.2. The summed E-state index contributed by atoms with van der Waals surface area (Å²) in [4.78, 5) is 12.5. The van der Waals surface area contributed by atoms with E-state index >= 15 is 0 Å². The number of ether oxygens (including phenoxy) is 1. The van der Waals surface area contributed by atoms with E-state index in [2.05, 4.69) is 5.32 Å². The minimum Gasteiger partial charge on any atom is -0.487 e. The number of hydrogen-bond donors (Lipinski definition) is 1. The Hall–Kier alpha value is -2.43. The van der Waals surface area contributed by atoms with Gasteiger partial charge in [0.1, 0.15) is 17.2 Å². The highest BCUT2D eigenvalue weighted by Gasteiger charge is 2.37. The second-order valence-corrected chi connectivity index (χ2v) is 8.15. The molecule has 1 N–H and O–H groups in total. The molecular formula is C20H11Cl2F6NO2S. The zero-order chi connectivity index (χ0) is 23.7. The summed E-state index contributed by atoms with van der Waals surface area (Å²) >= 11 is 12.8. The molecule has 0 radical (unpaired) electrons. The summed E-state index contributed by atoms with van der Waals surface area (Å²) < 4.78 is 83.6. The van der Waals surface area contributed by atoms with Crippen molar-refractivity contribution >= 4 is 46.1 Å². The minimum atomic E-state index is -5.03. The molecule has 0 bridgehead atoms. The molecule has 32 heavy (non-hydrogen) atoms. The minimum absolute atomic E-state index is 0.0226. The van der Waals surface area contributed by atoms with Crippen LogP contribution >= 0.6 is 34.5 Å². The molecule has 0 spiro atoms. The summed E-state index contributed by atoms with van der Waals surface area (Å²) in [5.41, 5.74) is -3.18. The molecule has 0 unspecified atom stereocenters. The van der Waals surface area contributed by atoms with Gasteiger partial charge in [0.05, 0.1) is 11.1 Å². The zero-order valence-corrected chi connectivity index (χ0v) is 17.9. The summed E-state index contributed by atoms with van der Waals surface area (Å²) in [6.45, 7) is -0.0468. The molecule has 0 saturated carbocycles. The lowest BCUT2D eigenvalue weighted by Gasteiger charge is -2.15. The molecule has 1 heterocycles. The first-order valence-corrected chi connectivity index (χ1v) is 10.2. The van der Waals surface area contributed by atoms with Gasteiger partial charge in [-0.25, -0.2) is 0 Å². The molecule has 3 rings (SSSR count). The van der Waals surface area contributed by atoms with Crippen LogP contribution in [0.1, 0.15) is 26.4 Å². The van der Waals surface area contributed by atoms with Crippen LogP contribution in [0.15, 0.2) is 47.8 Å². The molecule has 0 aliphatic rings. The summed E-state index contributed by atoms with van der Waals surface area (Å²) in [5, 5.41) is 4.29. The van der Waals surface area contributed by atoms with Crippen LogP contribution in [0, 0.1) is 0 Å². The molecule has 0 atom stereocenters. The predicted octanol–water partition coefficient (Wildman–Crippen LogP) is 7.92. The normalized spacial score (nSPS) is 12.0. The van der Waals surface area contributed by atoms with E-state index in [-0.39, 0.29) is 23.3 Å². The number of nitrogens with one attached hydrogen (secondary N) is 1. The van der Waals surface area contributed by atoms with Crippen LogP contribution in [-0.4, -0.2) is 5.91 Å². The van der Waals surface area contributed by atoms with Gasteiger partial charge in [-0.2, -0.15) is 26.3 Å². The van der Waals surface area contributed by atoms with Gasteiger partial charge in [-0.15, -0.1) is 11.3 Å². The molecule has 3 nitrogen and oxygen atoms in total. The van der Waals surface area contributed by atoms with Gasteiger partial charge in [-0.1, -0.05) is 29.3 Å². The van der Waals surface area contributed by atoms with Crippen molar-refractivity contribution in [2.24, 2.45) is 0 Å². The molecule has 2 aromatic carbocycles. The molecule has 0 fully saturated rings. The topological polar surface area (TPSA) is 38.3 Å². The highest BCUT2D eigenvalue weighted by atomic mass is 35.5. The molecule has 1 amide bonds. The van der Waals surface area contributed by atoms with Crippen molar-refractivity contribution in [3.8, 4) is 5.75 Å². The van der Waals surface area contributed by atoms with E-state index in [9.17, 15) is 31.1 Å². The number of rotatable bonds is 5. The van der Waals surface area contributed by atoms with Crippen LogP contribution in [0.25, 0.3) is 0 Å². The molecule has 3 aromatic rings. The summed E-state index contributed by atoms with van der Waals surface area (Å²) in [6.07, 6.45) is -10.1. The van der Waals surface area contributed by atoms with Crippen molar-refractivity contribution in [1.82, 2.24) is 0 Å². The van der Waals surface area contributed by atoms with Crippen molar-refractivity contribution < 1.29 is 35.9 Å². The first-order valence-electron chi connectivity index (χ1n) is 8.59. The molecular weight excluding hydrogens is 503 g/mol. The van der Waals surface area contributed by atoms with E-state index in [1.807, 2.05) is 0 Å². The molecule has 0 aliphatic heterocycles.